The van der Waals surface area contributed by atoms with Gasteiger partial charge >= 0.3 is 29.0 Å². The van der Waals surface area contributed by atoms with E-state index in [-0.39, 0.29) is 36.1 Å². The van der Waals surface area contributed by atoms with Crippen LogP contribution in [0.4, 0.5) is 0 Å². The summed E-state index contributed by atoms with van der Waals surface area (Å²) in [5.41, 5.74) is 5.00. The molecular formula is C5H14N2O4Se. The van der Waals surface area contributed by atoms with E-state index in [1.165, 1.54) is 0 Å². The molecule has 0 amide bonds. The summed E-state index contributed by atoms with van der Waals surface area (Å²) in [7, 11) is 0. The van der Waals surface area contributed by atoms with Crippen molar-refractivity contribution < 1.29 is 19.8 Å². The third kappa shape index (κ3) is 9.38. The van der Waals surface area contributed by atoms with Gasteiger partial charge in [0.15, 0.2) is 0 Å². The molecule has 0 fully saturated rings. The summed E-state index contributed by atoms with van der Waals surface area (Å²) in [6, 6.07) is -1.06. The van der Waals surface area contributed by atoms with E-state index in [1.807, 2.05) is 0 Å². The van der Waals surface area contributed by atoms with Gasteiger partial charge in [-0.05, 0) is 6.42 Å². The molecule has 0 aromatic rings. The molecule has 0 aliphatic carbocycles. The molecule has 0 saturated heterocycles. The molecule has 7 N–H and O–H groups in total. The van der Waals surface area contributed by atoms with Crippen LogP contribution in [0.25, 0.3) is 0 Å². The van der Waals surface area contributed by atoms with E-state index in [1.54, 1.807) is 0 Å². The zero-order chi connectivity index (χ0) is 8.15. The van der Waals surface area contributed by atoms with Gasteiger partial charge in [0, 0.05) is 6.42 Å². The van der Waals surface area contributed by atoms with Crippen LogP contribution in [0.1, 0.15) is 12.8 Å². The second-order valence-corrected chi connectivity index (χ2v) is 1.88. The Morgan fingerprint density at radius 1 is 1.33 bits per heavy atom. The van der Waals surface area contributed by atoms with Gasteiger partial charge < -0.3 is 22.1 Å². The number of carbonyl (C=O) groups is 2. The number of hydrogen-bond donors (Lipinski definition) is 4. The van der Waals surface area contributed by atoms with Crippen molar-refractivity contribution >= 4 is 29.0 Å². The van der Waals surface area contributed by atoms with Gasteiger partial charge in [0.05, 0.1) is 0 Å². The van der Waals surface area contributed by atoms with Crippen LogP contribution in [-0.4, -0.2) is 45.3 Å². The topological polar surface area (TPSA) is 136 Å². The molecule has 1 unspecified atom stereocenters. The van der Waals surface area contributed by atoms with Crippen LogP contribution in [0.5, 0.6) is 0 Å². The monoisotopic (exact) mass is 246 g/mol. The van der Waals surface area contributed by atoms with Crippen molar-refractivity contribution in [1.82, 2.24) is 6.15 Å². The van der Waals surface area contributed by atoms with Crippen molar-refractivity contribution in [3.63, 3.8) is 0 Å². The summed E-state index contributed by atoms with van der Waals surface area (Å²) in [6.45, 7) is 0. The number of carboxylic acids is 2. The Morgan fingerprint density at radius 2 is 1.75 bits per heavy atom. The SMILES string of the molecule is N.NC(CCC(=O)O)C(=O)O.[SeH2]. The summed E-state index contributed by atoms with van der Waals surface area (Å²) in [4.78, 5) is 19.9. The van der Waals surface area contributed by atoms with Crippen molar-refractivity contribution in [2.75, 3.05) is 0 Å². The Labute approximate surface area is 80.2 Å². The van der Waals surface area contributed by atoms with Gasteiger partial charge in [0.25, 0.3) is 0 Å². The molecule has 0 saturated carbocycles. The number of nitrogens with two attached hydrogens (primary N) is 1. The molecule has 6 nitrogen and oxygen atoms in total. The Kier molecular flexibility index (Phi) is 12.3. The molecule has 0 aliphatic heterocycles. The maximum absolute atomic E-state index is 9.99. The normalized spacial score (nSPS) is 10.4. The van der Waals surface area contributed by atoms with Crippen molar-refractivity contribution in [3.8, 4) is 0 Å². The Hall–Kier alpha value is -0.621. The molecule has 0 heterocycles. The van der Waals surface area contributed by atoms with Gasteiger partial charge in [0.1, 0.15) is 6.04 Å². The standard InChI is InChI=1S/C5H9NO4.H3N.H2Se/c6-3(5(9)10)1-2-4(7)8;;/h3H,1-2,6H2,(H,7,8)(H,9,10);1H3;1H2. The zero-order valence-corrected chi connectivity index (χ0v) is 8.59. The average molecular weight is 245 g/mol. The van der Waals surface area contributed by atoms with E-state index in [0.717, 1.165) is 0 Å². The van der Waals surface area contributed by atoms with Crippen molar-refractivity contribution in [1.29, 1.82) is 0 Å². The van der Waals surface area contributed by atoms with Crippen LogP contribution < -0.4 is 11.9 Å². The minimum atomic E-state index is -1.17. The quantitative estimate of drug-likeness (QED) is 0.445. The van der Waals surface area contributed by atoms with Crippen LogP contribution in [0.2, 0.25) is 0 Å². The van der Waals surface area contributed by atoms with Crippen LogP contribution >= 0.6 is 0 Å². The third-order valence-corrected chi connectivity index (χ3v) is 0.986. The summed E-state index contributed by atoms with van der Waals surface area (Å²) < 4.78 is 0. The first kappa shape index (κ1) is 17.5. The van der Waals surface area contributed by atoms with Crippen molar-refractivity contribution in [2.45, 2.75) is 18.9 Å². The van der Waals surface area contributed by atoms with Gasteiger partial charge in [-0.2, -0.15) is 0 Å². The number of aliphatic carboxylic acids is 2. The van der Waals surface area contributed by atoms with Crippen LogP contribution in [0, 0.1) is 0 Å². The van der Waals surface area contributed by atoms with Gasteiger partial charge in [-0.15, -0.1) is 0 Å². The fourth-order valence-corrected chi connectivity index (χ4v) is 0.402. The maximum atomic E-state index is 9.99. The Balaban J connectivity index is -0.000000405. The average Bonchev–Trinajstić information content (AvgIpc) is 1.82. The predicted octanol–water partition coefficient (Wildman–Crippen LogP) is -1.49. The van der Waals surface area contributed by atoms with Crippen molar-refractivity contribution in [3.05, 3.63) is 0 Å². The van der Waals surface area contributed by atoms with Gasteiger partial charge in [-0.25, -0.2) is 0 Å². The summed E-state index contributed by atoms with van der Waals surface area (Å²) in [5, 5.41) is 16.3. The van der Waals surface area contributed by atoms with Crippen LogP contribution in [-0.2, 0) is 9.59 Å². The molecule has 0 aromatic heterocycles. The van der Waals surface area contributed by atoms with E-state index in [2.05, 4.69) is 0 Å². The summed E-state index contributed by atoms with van der Waals surface area (Å²) in [5.74, 6) is -2.20. The molecule has 7 heteroatoms. The molecule has 0 radical (unpaired) electrons. The fraction of sp³-hybridized carbons (Fsp3) is 0.600. The molecule has 0 spiro atoms. The Morgan fingerprint density at radius 3 is 2.00 bits per heavy atom. The fourth-order valence-electron chi connectivity index (χ4n) is 0.402. The van der Waals surface area contributed by atoms with E-state index in [4.69, 9.17) is 15.9 Å². The predicted molar refractivity (Wildman–Crippen MR) is 46.0 cm³/mol. The molecular weight excluding hydrogens is 231 g/mol. The van der Waals surface area contributed by atoms with E-state index in [9.17, 15) is 9.59 Å². The number of carboxylic acid groups (broad SMARTS) is 2. The second-order valence-electron chi connectivity index (χ2n) is 1.88. The van der Waals surface area contributed by atoms with Gasteiger partial charge in [-0.1, -0.05) is 0 Å². The van der Waals surface area contributed by atoms with E-state index < -0.39 is 18.0 Å². The number of rotatable bonds is 4. The molecule has 12 heavy (non-hydrogen) atoms. The zero-order valence-electron chi connectivity index (χ0n) is 6.49. The molecule has 0 aromatic carbocycles. The molecule has 0 bridgehead atoms. The first-order valence-corrected chi connectivity index (χ1v) is 2.74. The molecule has 0 aliphatic rings. The molecule has 74 valence electrons. The van der Waals surface area contributed by atoms with E-state index >= 15 is 0 Å². The van der Waals surface area contributed by atoms with E-state index in [0.29, 0.717) is 0 Å². The second kappa shape index (κ2) is 8.48. The third-order valence-electron chi connectivity index (χ3n) is 0.986. The summed E-state index contributed by atoms with van der Waals surface area (Å²) >= 11 is 0. The van der Waals surface area contributed by atoms with Crippen LogP contribution in [0.3, 0.4) is 0 Å². The Bertz CT molecular complexity index is 152. The van der Waals surface area contributed by atoms with Crippen molar-refractivity contribution in [2.24, 2.45) is 5.73 Å². The molecule has 1 atom stereocenters. The first-order valence-electron chi connectivity index (χ1n) is 2.74. The number of hydrogen-bond acceptors (Lipinski definition) is 4. The van der Waals surface area contributed by atoms with Gasteiger partial charge in [-0.3, -0.25) is 9.59 Å². The molecule has 0 rings (SSSR count). The first-order chi connectivity index (χ1) is 4.54. The minimum absolute atomic E-state index is 0. The van der Waals surface area contributed by atoms with Crippen LogP contribution in [0.15, 0.2) is 0 Å². The van der Waals surface area contributed by atoms with Gasteiger partial charge in [0.2, 0.25) is 0 Å². The summed E-state index contributed by atoms with van der Waals surface area (Å²) in [6.07, 6.45) is -0.224.